The number of likely N-dealkylation sites (N-methyl/N-ethyl adjacent to an activating group) is 1. The van der Waals surface area contributed by atoms with Crippen LogP contribution in [0.2, 0.25) is 0 Å². The Labute approximate surface area is 127 Å². The average molecular weight is 296 g/mol. The van der Waals surface area contributed by atoms with Crippen molar-refractivity contribution < 1.29 is 14.7 Å². The Balaban J connectivity index is 1.93. The molecule has 1 aliphatic heterocycles. The van der Waals surface area contributed by atoms with Gasteiger partial charge >= 0.3 is 5.97 Å². The highest BCUT2D eigenvalue weighted by molar-refractivity contribution is 5.80. The van der Waals surface area contributed by atoms with Gasteiger partial charge < -0.3 is 10.0 Å². The van der Waals surface area contributed by atoms with Gasteiger partial charge in [0.15, 0.2) is 0 Å². The molecule has 2 aliphatic rings. The van der Waals surface area contributed by atoms with Crippen LogP contribution in [0.5, 0.6) is 0 Å². The van der Waals surface area contributed by atoms with E-state index in [0.29, 0.717) is 12.5 Å². The van der Waals surface area contributed by atoms with Crippen LogP contribution in [0.3, 0.4) is 0 Å². The van der Waals surface area contributed by atoms with Crippen LogP contribution in [0.4, 0.5) is 0 Å². The molecular formula is C16H28N2O3. The first-order valence-corrected chi connectivity index (χ1v) is 8.32. The maximum Gasteiger partial charge on any atom is 0.320 e. The van der Waals surface area contributed by atoms with E-state index in [0.717, 1.165) is 38.6 Å². The van der Waals surface area contributed by atoms with E-state index < -0.39 is 12.0 Å². The first-order valence-electron chi connectivity index (χ1n) is 8.32. The lowest BCUT2D eigenvalue weighted by Crippen LogP contribution is -2.49. The number of carboxylic acids is 1. The highest BCUT2D eigenvalue weighted by atomic mass is 16.4. The molecule has 1 N–H and O–H groups in total. The first kappa shape index (κ1) is 16.3. The highest BCUT2D eigenvalue weighted by Crippen LogP contribution is 2.22. The molecule has 1 unspecified atom stereocenters. The van der Waals surface area contributed by atoms with Crippen molar-refractivity contribution in [3.05, 3.63) is 0 Å². The molecule has 0 bridgehead atoms. The van der Waals surface area contributed by atoms with Gasteiger partial charge in [0, 0.05) is 13.1 Å². The molecule has 1 heterocycles. The zero-order valence-electron chi connectivity index (χ0n) is 13.1. The van der Waals surface area contributed by atoms with Crippen LogP contribution >= 0.6 is 0 Å². The van der Waals surface area contributed by atoms with Gasteiger partial charge in [-0.2, -0.15) is 0 Å². The fraction of sp³-hybridized carbons (Fsp3) is 0.875. The molecule has 0 aromatic carbocycles. The third-order valence-corrected chi connectivity index (χ3v) is 5.00. The number of amides is 1. The molecule has 0 aromatic rings. The second-order valence-corrected chi connectivity index (χ2v) is 6.47. The van der Waals surface area contributed by atoms with Crippen LogP contribution in [-0.4, -0.2) is 59.0 Å². The molecule has 1 saturated carbocycles. The lowest BCUT2D eigenvalue weighted by atomic mass is 9.94. The normalized spacial score (nSPS) is 25.3. The summed E-state index contributed by atoms with van der Waals surface area (Å²) in [5.41, 5.74) is 0. The average Bonchev–Trinajstić information content (AvgIpc) is 2.72. The van der Waals surface area contributed by atoms with E-state index in [4.69, 9.17) is 0 Å². The van der Waals surface area contributed by atoms with Crippen LogP contribution < -0.4 is 0 Å². The van der Waals surface area contributed by atoms with Crippen molar-refractivity contribution in [2.75, 3.05) is 20.1 Å². The fourth-order valence-electron chi connectivity index (χ4n) is 3.59. The summed E-state index contributed by atoms with van der Waals surface area (Å²) in [6.45, 7) is 0.977. The summed E-state index contributed by atoms with van der Waals surface area (Å²) in [6.07, 6.45) is 9.50. The number of aliphatic carboxylic acids is 1. The van der Waals surface area contributed by atoms with Gasteiger partial charge in [0.2, 0.25) is 5.91 Å². The van der Waals surface area contributed by atoms with Crippen LogP contribution in [0.15, 0.2) is 0 Å². The van der Waals surface area contributed by atoms with Gasteiger partial charge in [0.25, 0.3) is 0 Å². The molecule has 2 fully saturated rings. The summed E-state index contributed by atoms with van der Waals surface area (Å²) in [5.74, 6) is -0.708. The van der Waals surface area contributed by atoms with Crippen molar-refractivity contribution in [1.29, 1.82) is 0 Å². The maximum absolute atomic E-state index is 12.5. The van der Waals surface area contributed by atoms with Crippen molar-refractivity contribution >= 4 is 11.9 Å². The molecule has 0 aromatic heterocycles. The third-order valence-electron chi connectivity index (χ3n) is 5.00. The minimum absolute atomic E-state index is 0.0787. The molecule has 1 saturated heterocycles. The summed E-state index contributed by atoms with van der Waals surface area (Å²) in [7, 11) is 1.88. The number of hydrogen-bond acceptors (Lipinski definition) is 3. The van der Waals surface area contributed by atoms with Crippen molar-refractivity contribution in [2.45, 2.75) is 69.9 Å². The van der Waals surface area contributed by atoms with E-state index in [-0.39, 0.29) is 12.5 Å². The van der Waals surface area contributed by atoms with Gasteiger partial charge in [-0.3, -0.25) is 14.5 Å². The molecule has 5 heteroatoms. The van der Waals surface area contributed by atoms with Gasteiger partial charge in [0.1, 0.15) is 6.04 Å². The summed E-state index contributed by atoms with van der Waals surface area (Å²) in [5, 5.41) is 9.37. The molecule has 21 heavy (non-hydrogen) atoms. The van der Waals surface area contributed by atoms with Gasteiger partial charge in [-0.1, -0.05) is 32.1 Å². The molecular weight excluding hydrogens is 268 g/mol. The van der Waals surface area contributed by atoms with Crippen LogP contribution in [-0.2, 0) is 9.59 Å². The summed E-state index contributed by atoms with van der Waals surface area (Å²) in [4.78, 5) is 27.6. The highest BCUT2D eigenvalue weighted by Gasteiger charge is 2.30. The topological polar surface area (TPSA) is 60.9 Å². The Bertz CT molecular complexity index is 367. The molecule has 120 valence electrons. The molecule has 5 nitrogen and oxygen atoms in total. The molecule has 1 amide bonds. The number of hydrogen-bond donors (Lipinski definition) is 1. The summed E-state index contributed by atoms with van der Waals surface area (Å²) in [6, 6.07) is -0.141. The second-order valence-electron chi connectivity index (χ2n) is 6.47. The van der Waals surface area contributed by atoms with Gasteiger partial charge in [0.05, 0.1) is 6.54 Å². The number of rotatable bonds is 4. The molecule has 2 rings (SSSR count). The Kier molecular flexibility index (Phi) is 6.03. The Morgan fingerprint density at radius 2 is 1.67 bits per heavy atom. The standard InChI is InChI=1S/C16H28N2O3/c1-17(13-8-4-2-5-9-13)15(19)12-18-11-7-3-6-10-14(18)16(20)21/h13-14H,2-12H2,1H3,(H,20,21). The first-order chi connectivity index (χ1) is 10.1. The van der Waals surface area contributed by atoms with Crippen LogP contribution in [0.1, 0.15) is 57.8 Å². The summed E-state index contributed by atoms with van der Waals surface area (Å²) < 4.78 is 0. The van der Waals surface area contributed by atoms with Crippen molar-refractivity contribution in [2.24, 2.45) is 0 Å². The van der Waals surface area contributed by atoms with E-state index in [2.05, 4.69) is 0 Å². The van der Waals surface area contributed by atoms with E-state index >= 15 is 0 Å². The SMILES string of the molecule is CN(C(=O)CN1CCCCCC1C(=O)O)C1CCCCC1. The van der Waals surface area contributed by atoms with E-state index in [1.807, 2.05) is 16.8 Å². The minimum atomic E-state index is -0.787. The predicted molar refractivity (Wildman–Crippen MR) is 81.1 cm³/mol. The fourth-order valence-corrected chi connectivity index (χ4v) is 3.59. The second kappa shape index (κ2) is 7.78. The zero-order chi connectivity index (χ0) is 15.2. The predicted octanol–water partition coefficient (Wildman–Crippen LogP) is 2.11. The number of nitrogens with zero attached hydrogens (tertiary/aromatic N) is 2. The zero-order valence-corrected chi connectivity index (χ0v) is 13.1. The maximum atomic E-state index is 12.5. The van der Waals surface area contributed by atoms with Gasteiger partial charge in [-0.15, -0.1) is 0 Å². The smallest absolute Gasteiger partial charge is 0.320 e. The Morgan fingerprint density at radius 3 is 2.33 bits per heavy atom. The number of carbonyl (C=O) groups excluding carboxylic acids is 1. The van der Waals surface area contributed by atoms with E-state index in [1.54, 1.807) is 0 Å². The quantitative estimate of drug-likeness (QED) is 0.863. The minimum Gasteiger partial charge on any atom is -0.480 e. The number of carbonyl (C=O) groups is 2. The van der Waals surface area contributed by atoms with Gasteiger partial charge in [-0.25, -0.2) is 0 Å². The van der Waals surface area contributed by atoms with Crippen LogP contribution in [0.25, 0.3) is 0 Å². The molecule has 0 radical (unpaired) electrons. The van der Waals surface area contributed by atoms with E-state index in [1.165, 1.54) is 19.3 Å². The molecule has 1 atom stereocenters. The Hall–Kier alpha value is -1.10. The largest absolute Gasteiger partial charge is 0.480 e. The van der Waals surface area contributed by atoms with Crippen molar-refractivity contribution in [3.8, 4) is 0 Å². The van der Waals surface area contributed by atoms with Crippen molar-refractivity contribution in [1.82, 2.24) is 9.80 Å². The van der Waals surface area contributed by atoms with Gasteiger partial charge in [-0.05, 0) is 32.2 Å². The molecule has 0 spiro atoms. The van der Waals surface area contributed by atoms with Crippen LogP contribution in [0, 0.1) is 0 Å². The monoisotopic (exact) mass is 296 g/mol. The summed E-state index contributed by atoms with van der Waals surface area (Å²) >= 11 is 0. The van der Waals surface area contributed by atoms with E-state index in [9.17, 15) is 14.7 Å². The molecule has 1 aliphatic carbocycles. The third kappa shape index (κ3) is 4.43. The lowest BCUT2D eigenvalue weighted by Gasteiger charge is -2.34. The lowest BCUT2D eigenvalue weighted by molar-refractivity contribution is -0.145. The number of carboxylic acid groups (broad SMARTS) is 1. The van der Waals surface area contributed by atoms with Crippen molar-refractivity contribution in [3.63, 3.8) is 0 Å². The number of likely N-dealkylation sites (tertiary alicyclic amines) is 1. The Morgan fingerprint density at radius 1 is 1.05 bits per heavy atom.